The molecule has 2 aliphatic rings. The van der Waals surface area contributed by atoms with E-state index in [0.717, 1.165) is 36.1 Å². The molecule has 0 unspecified atom stereocenters. The number of ether oxygens (including phenoxy) is 1. The number of carbonyl (C=O) groups excluding carboxylic acids is 2. The number of nitrogens with one attached hydrogen (secondary N) is 3. The van der Waals surface area contributed by atoms with Crippen LogP contribution in [0, 0.1) is 0 Å². The van der Waals surface area contributed by atoms with Gasteiger partial charge in [-0.05, 0) is 44.7 Å². The second-order valence-corrected chi connectivity index (χ2v) is 8.39. The number of anilines is 2. The van der Waals surface area contributed by atoms with Crippen molar-refractivity contribution in [2.45, 2.75) is 64.1 Å². The first-order chi connectivity index (χ1) is 14.4. The lowest BCUT2D eigenvalue weighted by Gasteiger charge is -2.26. The molecule has 0 aromatic carbocycles. The van der Waals surface area contributed by atoms with Gasteiger partial charge >= 0.3 is 6.09 Å². The zero-order valence-electron chi connectivity index (χ0n) is 17.6. The lowest BCUT2D eigenvalue weighted by Crippen LogP contribution is -2.33. The van der Waals surface area contributed by atoms with Crippen molar-refractivity contribution in [3.05, 3.63) is 35.2 Å². The highest BCUT2D eigenvalue weighted by Crippen LogP contribution is 2.36. The number of rotatable bonds is 5. The summed E-state index contributed by atoms with van der Waals surface area (Å²) in [4.78, 5) is 30.1. The number of nitrogens with zero attached hydrogens (tertiary/aromatic N) is 3. The molecule has 2 amide bonds. The van der Waals surface area contributed by atoms with Crippen molar-refractivity contribution in [1.29, 1.82) is 0 Å². The average Bonchev–Trinajstić information content (AvgIpc) is 3.32. The predicted molar refractivity (Wildman–Crippen MR) is 111 cm³/mol. The molecule has 3 heterocycles. The third-order valence-electron chi connectivity index (χ3n) is 5.66. The maximum absolute atomic E-state index is 12.1. The number of aromatic nitrogens is 3. The van der Waals surface area contributed by atoms with Crippen LogP contribution < -0.4 is 10.6 Å². The number of alkyl carbamates (subject to hydrolysis) is 1. The van der Waals surface area contributed by atoms with E-state index < -0.39 is 0 Å². The summed E-state index contributed by atoms with van der Waals surface area (Å²) in [6.07, 6.45) is 4.18. The van der Waals surface area contributed by atoms with Gasteiger partial charge in [0.05, 0.1) is 6.42 Å². The Kier molecular flexibility index (Phi) is 5.61. The highest BCUT2D eigenvalue weighted by Gasteiger charge is 2.30. The first kappa shape index (κ1) is 20.2. The van der Waals surface area contributed by atoms with E-state index >= 15 is 0 Å². The molecule has 30 heavy (non-hydrogen) atoms. The van der Waals surface area contributed by atoms with Gasteiger partial charge in [-0.15, -0.1) is 0 Å². The van der Waals surface area contributed by atoms with Gasteiger partial charge in [0.2, 0.25) is 5.91 Å². The quantitative estimate of drug-likeness (QED) is 0.696. The zero-order chi connectivity index (χ0) is 21.3. The summed E-state index contributed by atoms with van der Waals surface area (Å²) in [5.74, 6) is 1.68. The van der Waals surface area contributed by atoms with E-state index in [1.54, 1.807) is 11.1 Å². The normalized spacial score (nSPS) is 20.9. The zero-order valence-corrected chi connectivity index (χ0v) is 17.6. The average molecular weight is 412 g/mol. The van der Waals surface area contributed by atoms with Crippen LogP contribution in [0.15, 0.2) is 18.3 Å². The van der Waals surface area contributed by atoms with Crippen molar-refractivity contribution in [3.63, 3.8) is 0 Å². The Labute approximate surface area is 175 Å². The Hall–Kier alpha value is -3.10. The summed E-state index contributed by atoms with van der Waals surface area (Å²) < 4.78 is 5.51. The number of fused-ring (bicyclic) bond motifs is 1. The van der Waals surface area contributed by atoms with Crippen LogP contribution in [0.25, 0.3) is 0 Å². The number of pyridine rings is 1. The highest BCUT2D eigenvalue weighted by molar-refractivity contribution is 5.83. The molecule has 4 rings (SSSR count). The van der Waals surface area contributed by atoms with E-state index in [1.165, 1.54) is 0 Å². The van der Waals surface area contributed by atoms with Gasteiger partial charge in [0.1, 0.15) is 11.9 Å². The van der Waals surface area contributed by atoms with Crippen LogP contribution in [0.5, 0.6) is 0 Å². The standard InChI is InChI=1S/C21H28N6O3/c1-12(2)23-21(29)30-15-5-4-13(8-15)17-10-18(26-25-17)24-20-16-9-19(28)27(3)11-14(16)6-7-22-20/h6-7,10,12-13,15H,4-5,8-9,11H2,1-3H3,(H,23,29)(H2,22,24,25,26)/t13-,15+/m0/s1. The molecule has 9 heteroatoms. The summed E-state index contributed by atoms with van der Waals surface area (Å²) in [6, 6.07) is 3.98. The first-order valence-electron chi connectivity index (χ1n) is 10.4. The van der Waals surface area contributed by atoms with E-state index in [2.05, 4.69) is 25.8 Å². The number of likely N-dealkylation sites (N-methyl/N-ethyl adjacent to an activating group) is 1. The van der Waals surface area contributed by atoms with Gasteiger partial charge in [0.25, 0.3) is 0 Å². The van der Waals surface area contributed by atoms with Crippen molar-refractivity contribution >= 4 is 23.6 Å². The van der Waals surface area contributed by atoms with Crippen molar-refractivity contribution in [1.82, 2.24) is 25.4 Å². The van der Waals surface area contributed by atoms with Gasteiger partial charge in [0, 0.05) is 49.1 Å². The summed E-state index contributed by atoms with van der Waals surface area (Å²) in [5, 5.41) is 13.5. The smallest absolute Gasteiger partial charge is 0.407 e. The summed E-state index contributed by atoms with van der Waals surface area (Å²) >= 11 is 0. The third-order valence-corrected chi connectivity index (χ3v) is 5.66. The molecule has 0 radical (unpaired) electrons. The summed E-state index contributed by atoms with van der Waals surface area (Å²) in [7, 11) is 1.81. The molecule has 3 N–H and O–H groups in total. The molecule has 0 bridgehead atoms. The van der Waals surface area contributed by atoms with E-state index in [4.69, 9.17) is 4.74 Å². The van der Waals surface area contributed by atoms with Gasteiger partial charge in [-0.2, -0.15) is 5.10 Å². The van der Waals surface area contributed by atoms with Crippen LogP contribution in [-0.4, -0.2) is 51.3 Å². The minimum atomic E-state index is -0.359. The topological polar surface area (TPSA) is 112 Å². The molecule has 1 fully saturated rings. The van der Waals surface area contributed by atoms with Crippen molar-refractivity contribution in [3.8, 4) is 0 Å². The van der Waals surface area contributed by atoms with Crippen LogP contribution in [0.3, 0.4) is 0 Å². The Morgan fingerprint density at radius 2 is 2.20 bits per heavy atom. The fourth-order valence-corrected chi connectivity index (χ4v) is 4.10. The number of hydrogen-bond donors (Lipinski definition) is 3. The van der Waals surface area contributed by atoms with Crippen LogP contribution >= 0.6 is 0 Å². The second-order valence-electron chi connectivity index (χ2n) is 8.39. The largest absolute Gasteiger partial charge is 0.446 e. The number of hydrogen-bond acceptors (Lipinski definition) is 6. The molecule has 2 aromatic rings. The summed E-state index contributed by atoms with van der Waals surface area (Å²) in [5.41, 5.74) is 3.03. The number of carbonyl (C=O) groups is 2. The van der Waals surface area contributed by atoms with E-state index in [9.17, 15) is 9.59 Å². The lowest BCUT2D eigenvalue weighted by atomic mass is 10.0. The van der Waals surface area contributed by atoms with Crippen molar-refractivity contribution in [2.24, 2.45) is 0 Å². The van der Waals surface area contributed by atoms with Gasteiger partial charge < -0.3 is 20.3 Å². The van der Waals surface area contributed by atoms with Gasteiger partial charge in [-0.3, -0.25) is 9.89 Å². The molecule has 9 nitrogen and oxygen atoms in total. The number of amides is 2. The Morgan fingerprint density at radius 3 is 3.00 bits per heavy atom. The van der Waals surface area contributed by atoms with Crippen LogP contribution in [0.2, 0.25) is 0 Å². The monoisotopic (exact) mass is 412 g/mol. The maximum atomic E-state index is 12.1. The summed E-state index contributed by atoms with van der Waals surface area (Å²) in [6.45, 7) is 4.40. The molecule has 2 atom stereocenters. The number of aromatic amines is 1. The highest BCUT2D eigenvalue weighted by atomic mass is 16.6. The molecule has 1 aliphatic carbocycles. The molecule has 2 aromatic heterocycles. The Balaban J connectivity index is 1.40. The predicted octanol–water partition coefficient (Wildman–Crippen LogP) is 2.83. The van der Waals surface area contributed by atoms with Gasteiger partial charge in [0.15, 0.2) is 5.82 Å². The minimum absolute atomic E-state index is 0.0592. The van der Waals surface area contributed by atoms with Gasteiger partial charge in [-0.1, -0.05) is 0 Å². The SMILES string of the molecule is CC(C)NC(=O)O[C@@H]1CC[C@H](c2cc(Nc3nccc4c3CC(=O)N(C)C4)n[nH]2)C1. The van der Waals surface area contributed by atoms with E-state index in [0.29, 0.717) is 24.6 Å². The van der Waals surface area contributed by atoms with E-state index in [-0.39, 0.29) is 30.1 Å². The van der Waals surface area contributed by atoms with Crippen LogP contribution in [0.4, 0.5) is 16.4 Å². The first-order valence-corrected chi connectivity index (χ1v) is 10.4. The lowest BCUT2D eigenvalue weighted by molar-refractivity contribution is -0.130. The Morgan fingerprint density at radius 1 is 1.37 bits per heavy atom. The van der Waals surface area contributed by atoms with E-state index in [1.807, 2.05) is 33.0 Å². The fraction of sp³-hybridized carbons (Fsp3) is 0.524. The molecule has 1 aliphatic heterocycles. The molecule has 1 saturated carbocycles. The Bertz CT molecular complexity index is 941. The molecule has 0 saturated heterocycles. The van der Waals surface area contributed by atoms with Crippen LogP contribution in [0.1, 0.15) is 55.8 Å². The minimum Gasteiger partial charge on any atom is -0.446 e. The fourth-order valence-electron chi connectivity index (χ4n) is 4.10. The number of H-pyrrole nitrogens is 1. The second kappa shape index (κ2) is 8.33. The van der Waals surface area contributed by atoms with Crippen molar-refractivity contribution < 1.29 is 14.3 Å². The molecular formula is C21H28N6O3. The van der Waals surface area contributed by atoms with Crippen LogP contribution in [-0.2, 0) is 22.5 Å². The van der Waals surface area contributed by atoms with Gasteiger partial charge in [-0.25, -0.2) is 9.78 Å². The molecule has 0 spiro atoms. The third kappa shape index (κ3) is 4.39. The van der Waals surface area contributed by atoms with Crippen molar-refractivity contribution in [2.75, 3.05) is 12.4 Å². The molecular weight excluding hydrogens is 384 g/mol. The maximum Gasteiger partial charge on any atom is 0.407 e. The molecule has 160 valence electrons.